The van der Waals surface area contributed by atoms with Crippen LogP contribution >= 0.6 is 0 Å². The molecular weight excluding hydrogens is 281 g/mol. The highest BCUT2D eigenvalue weighted by Gasteiger charge is 2.19. The molecule has 0 aliphatic heterocycles. The fraction of sp³-hybridized carbons (Fsp3) is 0.176. The van der Waals surface area contributed by atoms with Crippen LogP contribution in [0.5, 0.6) is 0 Å². The molecule has 2 aromatic carbocycles. The Balaban J connectivity index is 2.26. The summed E-state index contributed by atoms with van der Waals surface area (Å²) in [5.41, 5.74) is 4.16. The first-order chi connectivity index (χ1) is 10.6. The highest BCUT2D eigenvalue weighted by molar-refractivity contribution is 5.65. The molecule has 0 spiro atoms. The molecule has 1 N–H and O–H groups in total. The van der Waals surface area contributed by atoms with Gasteiger partial charge in [-0.05, 0) is 37.6 Å². The van der Waals surface area contributed by atoms with E-state index < -0.39 is 0 Å². The monoisotopic (exact) mass is 297 g/mol. The topological polar surface area (TPSA) is 50.9 Å². The van der Waals surface area contributed by atoms with E-state index in [0.29, 0.717) is 17.0 Å². The van der Waals surface area contributed by atoms with Crippen molar-refractivity contribution in [1.82, 2.24) is 15.0 Å². The zero-order chi connectivity index (χ0) is 15.7. The molecule has 0 saturated carbocycles. The molecule has 1 heterocycles. The molecule has 5 heteroatoms. The summed E-state index contributed by atoms with van der Waals surface area (Å²) in [4.78, 5) is 0. The van der Waals surface area contributed by atoms with Gasteiger partial charge in [0.1, 0.15) is 17.2 Å². The molecule has 3 aromatic rings. The van der Waals surface area contributed by atoms with Gasteiger partial charge in [0.15, 0.2) is 0 Å². The number of nitrogens with zero attached hydrogens (tertiary/aromatic N) is 3. The van der Waals surface area contributed by atoms with Crippen LogP contribution in [0.4, 0.5) is 4.39 Å². The molecule has 0 aliphatic carbocycles. The summed E-state index contributed by atoms with van der Waals surface area (Å²) >= 11 is 0. The van der Waals surface area contributed by atoms with Crippen molar-refractivity contribution in [2.24, 2.45) is 0 Å². The molecule has 22 heavy (non-hydrogen) atoms. The van der Waals surface area contributed by atoms with E-state index in [1.807, 2.05) is 32.0 Å². The summed E-state index contributed by atoms with van der Waals surface area (Å²) in [7, 11) is 0. The molecule has 1 aromatic heterocycles. The number of aliphatic hydroxyl groups is 1. The lowest BCUT2D eigenvalue weighted by Crippen LogP contribution is -2.03. The van der Waals surface area contributed by atoms with Gasteiger partial charge < -0.3 is 5.11 Å². The lowest BCUT2D eigenvalue weighted by molar-refractivity contribution is 0.277. The average Bonchev–Trinajstić information content (AvgIpc) is 2.91. The van der Waals surface area contributed by atoms with Crippen LogP contribution in [-0.4, -0.2) is 20.1 Å². The summed E-state index contributed by atoms with van der Waals surface area (Å²) < 4.78 is 15.8. The zero-order valence-electron chi connectivity index (χ0n) is 12.4. The Kier molecular flexibility index (Phi) is 3.73. The van der Waals surface area contributed by atoms with Crippen LogP contribution in [0, 0.1) is 19.7 Å². The third-order valence-corrected chi connectivity index (χ3v) is 3.60. The molecule has 0 unspecified atom stereocenters. The number of aliphatic hydroxyl groups excluding tert-OH is 1. The second-order valence-electron chi connectivity index (χ2n) is 5.22. The van der Waals surface area contributed by atoms with Crippen molar-refractivity contribution < 1.29 is 9.50 Å². The molecule has 0 bridgehead atoms. The van der Waals surface area contributed by atoms with Gasteiger partial charge in [0.2, 0.25) is 0 Å². The lowest BCUT2D eigenvalue weighted by Gasteiger charge is -2.11. The molecule has 0 radical (unpaired) electrons. The smallest absolute Gasteiger partial charge is 0.132 e. The van der Waals surface area contributed by atoms with Crippen molar-refractivity contribution in [2.75, 3.05) is 0 Å². The molecule has 3 rings (SSSR count). The minimum absolute atomic E-state index is 0.297. The average molecular weight is 297 g/mol. The van der Waals surface area contributed by atoms with E-state index in [9.17, 15) is 9.50 Å². The van der Waals surface area contributed by atoms with Gasteiger partial charge in [-0.15, -0.1) is 5.10 Å². The first-order valence-corrected chi connectivity index (χ1v) is 6.99. The van der Waals surface area contributed by atoms with Crippen LogP contribution < -0.4 is 0 Å². The fourth-order valence-corrected chi connectivity index (χ4v) is 2.55. The van der Waals surface area contributed by atoms with E-state index in [-0.39, 0.29) is 12.4 Å². The second kappa shape index (κ2) is 5.69. The Hall–Kier alpha value is -2.53. The molecule has 0 aliphatic rings. The Morgan fingerprint density at radius 3 is 2.59 bits per heavy atom. The van der Waals surface area contributed by atoms with Gasteiger partial charge in [-0.3, -0.25) is 0 Å². The Bertz CT molecular complexity index is 827. The Morgan fingerprint density at radius 1 is 1.14 bits per heavy atom. The molecule has 0 atom stereocenters. The highest BCUT2D eigenvalue weighted by atomic mass is 19.1. The van der Waals surface area contributed by atoms with E-state index >= 15 is 0 Å². The SMILES string of the molecule is Cc1ccc(-n2nnc(CO)c2-c2ccccc2F)c(C)c1. The van der Waals surface area contributed by atoms with Crippen LogP contribution in [0.1, 0.15) is 16.8 Å². The highest BCUT2D eigenvalue weighted by Crippen LogP contribution is 2.28. The van der Waals surface area contributed by atoms with Crippen molar-refractivity contribution in [1.29, 1.82) is 0 Å². The Morgan fingerprint density at radius 2 is 1.91 bits per heavy atom. The zero-order valence-corrected chi connectivity index (χ0v) is 12.4. The summed E-state index contributed by atoms with van der Waals surface area (Å²) in [6.07, 6.45) is 0. The van der Waals surface area contributed by atoms with Crippen LogP contribution in [0.2, 0.25) is 0 Å². The van der Waals surface area contributed by atoms with Crippen LogP contribution in [0.15, 0.2) is 42.5 Å². The standard InChI is InChI=1S/C17H16FN3O/c1-11-7-8-16(12(2)9-11)21-17(15(10-22)19-20-21)13-5-3-4-6-14(13)18/h3-9,22H,10H2,1-2H3. The van der Waals surface area contributed by atoms with E-state index in [0.717, 1.165) is 16.8 Å². The molecule has 112 valence electrons. The second-order valence-corrected chi connectivity index (χ2v) is 5.22. The largest absolute Gasteiger partial charge is 0.390 e. The third kappa shape index (κ3) is 2.40. The van der Waals surface area contributed by atoms with E-state index in [2.05, 4.69) is 10.3 Å². The maximum absolute atomic E-state index is 14.2. The predicted octanol–water partition coefficient (Wildman–Crippen LogP) is 3.18. The molecule has 4 nitrogen and oxygen atoms in total. The van der Waals surface area contributed by atoms with Gasteiger partial charge in [0.05, 0.1) is 12.3 Å². The van der Waals surface area contributed by atoms with Crippen LogP contribution in [0.25, 0.3) is 16.9 Å². The van der Waals surface area contributed by atoms with Crippen molar-refractivity contribution in [2.45, 2.75) is 20.5 Å². The number of hydrogen-bond acceptors (Lipinski definition) is 3. The van der Waals surface area contributed by atoms with Crippen LogP contribution in [-0.2, 0) is 6.61 Å². The molecule has 0 amide bonds. The Labute approximate surface area is 127 Å². The quantitative estimate of drug-likeness (QED) is 0.808. The van der Waals surface area contributed by atoms with Crippen molar-refractivity contribution >= 4 is 0 Å². The molecular formula is C17H16FN3O. The summed E-state index contributed by atoms with van der Waals surface area (Å²) in [6, 6.07) is 12.3. The summed E-state index contributed by atoms with van der Waals surface area (Å²) in [5, 5.41) is 17.6. The van der Waals surface area contributed by atoms with Gasteiger partial charge in [-0.25, -0.2) is 9.07 Å². The van der Waals surface area contributed by atoms with Gasteiger partial charge in [-0.1, -0.05) is 35.0 Å². The third-order valence-electron chi connectivity index (χ3n) is 3.60. The first kappa shape index (κ1) is 14.4. The van der Waals surface area contributed by atoms with Gasteiger partial charge in [0, 0.05) is 5.56 Å². The minimum Gasteiger partial charge on any atom is -0.390 e. The van der Waals surface area contributed by atoms with Gasteiger partial charge in [0.25, 0.3) is 0 Å². The predicted molar refractivity (Wildman–Crippen MR) is 82.1 cm³/mol. The van der Waals surface area contributed by atoms with E-state index in [1.165, 1.54) is 6.07 Å². The van der Waals surface area contributed by atoms with Crippen molar-refractivity contribution in [3.05, 3.63) is 65.1 Å². The van der Waals surface area contributed by atoms with Crippen molar-refractivity contribution in [3.63, 3.8) is 0 Å². The number of halogens is 1. The number of benzene rings is 2. The lowest BCUT2D eigenvalue weighted by atomic mass is 10.1. The maximum Gasteiger partial charge on any atom is 0.132 e. The normalized spacial score (nSPS) is 10.9. The first-order valence-electron chi connectivity index (χ1n) is 6.99. The summed E-state index contributed by atoms with van der Waals surface area (Å²) in [6.45, 7) is 3.68. The maximum atomic E-state index is 14.2. The molecule has 0 saturated heterocycles. The summed E-state index contributed by atoms with van der Waals surface area (Å²) in [5.74, 6) is -0.370. The van der Waals surface area contributed by atoms with Crippen LogP contribution in [0.3, 0.4) is 0 Å². The van der Waals surface area contributed by atoms with E-state index in [1.54, 1.807) is 22.9 Å². The number of aryl methyl sites for hydroxylation is 2. The fourth-order valence-electron chi connectivity index (χ4n) is 2.55. The minimum atomic E-state index is -0.370. The number of rotatable bonds is 3. The van der Waals surface area contributed by atoms with Crippen molar-refractivity contribution in [3.8, 4) is 16.9 Å². The number of hydrogen-bond donors (Lipinski definition) is 1. The van der Waals surface area contributed by atoms with Gasteiger partial charge >= 0.3 is 0 Å². The van der Waals surface area contributed by atoms with E-state index in [4.69, 9.17) is 0 Å². The number of aromatic nitrogens is 3. The molecule has 0 fully saturated rings. The van der Waals surface area contributed by atoms with Gasteiger partial charge in [-0.2, -0.15) is 0 Å².